The van der Waals surface area contributed by atoms with Crippen molar-refractivity contribution in [2.24, 2.45) is 0 Å². The fourth-order valence-electron chi connectivity index (χ4n) is 2.61. The molecule has 11 heteroatoms. The number of anilines is 1. The van der Waals surface area contributed by atoms with Crippen LogP contribution in [0.1, 0.15) is 23.5 Å². The maximum absolute atomic E-state index is 14.0. The van der Waals surface area contributed by atoms with E-state index >= 15 is 0 Å². The Balaban J connectivity index is 1.78. The van der Waals surface area contributed by atoms with Gasteiger partial charge in [0.05, 0.1) is 25.4 Å². The molecule has 0 amide bonds. The monoisotopic (exact) mass is 442 g/mol. The molecule has 0 aliphatic carbocycles. The van der Waals surface area contributed by atoms with Gasteiger partial charge in [-0.2, -0.15) is 0 Å². The Morgan fingerprint density at radius 3 is 2.78 bits per heavy atom. The van der Waals surface area contributed by atoms with Crippen molar-refractivity contribution in [2.45, 2.75) is 13.0 Å². The van der Waals surface area contributed by atoms with Gasteiger partial charge in [-0.25, -0.2) is 18.7 Å². The molecule has 1 aromatic carbocycles. The molecule has 0 fully saturated rings. The second kappa shape index (κ2) is 10.8. The first-order chi connectivity index (χ1) is 15.5. The van der Waals surface area contributed by atoms with Gasteiger partial charge in [-0.05, 0) is 12.1 Å². The molecule has 0 radical (unpaired) electrons. The van der Waals surface area contributed by atoms with Crippen molar-refractivity contribution >= 4 is 23.2 Å². The number of benzene rings is 1. The van der Waals surface area contributed by atoms with Crippen LogP contribution in [0, 0.1) is 17.0 Å². The van der Waals surface area contributed by atoms with E-state index in [2.05, 4.69) is 30.5 Å². The molecule has 0 saturated carbocycles. The van der Waals surface area contributed by atoms with Crippen molar-refractivity contribution < 1.29 is 22.8 Å². The number of carbonyl (C=O) groups excluding carboxylic acids is 1. The van der Waals surface area contributed by atoms with Gasteiger partial charge in [0.2, 0.25) is 0 Å². The Kier molecular flexibility index (Phi) is 7.57. The van der Waals surface area contributed by atoms with Gasteiger partial charge in [-0.3, -0.25) is 10.2 Å². The number of rotatable bonds is 10. The van der Waals surface area contributed by atoms with Crippen molar-refractivity contribution in [3.63, 3.8) is 0 Å². The molecule has 9 nitrogen and oxygen atoms in total. The Morgan fingerprint density at radius 1 is 1.25 bits per heavy atom. The summed E-state index contributed by atoms with van der Waals surface area (Å²) in [4.78, 5) is 19.1. The highest BCUT2D eigenvalue weighted by Crippen LogP contribution is 2.15. The lowest BCUT2D eigenvalue weighted by Crippen LogP contribution is -2.16. The lowest BCUT2D eigenvalue weighted by Gasteiger charge is -2.11. The third-order valence-electron chi connectivity index (χ3n) is 4.26. The summed E-state index contributed by atoms with van der Waals surface area (Å²) < 4.78 is 37.3. The third kappa shape index (κ3) is 5.94. The number of hydrogen-bond donors (Lipinski definition) is 3. The Labute approximate surface area is 182 Å². The zero-order chi connectivity index (χ0) is 22.9. The molecule has 0 bridgehead atoms. The number of methoxy groups -OCH3 is 1. The quantitative estimate of drug-likeness (QED) is 0.323. The van der Waals surface area contributed by atoms with E-state index in [9.17, 15) is 13.6 Å². The molecule has 0 spiro atoms. The Hall–Kier alpha value is -4.15. The van der Waals surface area contributed by atoms with E-state index < -0.39 is 11.8 Å². The van der Waals surface area contributed by atoms with E-state index in [1.807, 2.05) is 0 Å². The largest absolute Gasteiger partial charge is 0.469 e. The smallest absolute Gasteiger partial charge is 0.307 e. The summed E-state index contributed by atoms with van der Waals surface area (Å²) in [5.74, 6) is -1.79. The summed E-state index contributed by atoms with van der Waals surface area (Å²) in [5.41, 5.74) is 1.01. The zero-order valence-electron chi connectivity index (χ0n) is 17.1. The summed E-state index contributed by atoms with van der Waals surface area (Å²) in [7, 11) is 1.26. The number of hydrogen-bond acceptors (Lipinski definition) is 9. The minimum atomic E-state index is -0.732. The summed E-state index contributed by atoms with van der Waals surface area (Å²) in [6, 6.07) is 7.84. The number of halogens is 2. The topological polar surface area (TPSA) is 126 Å². The normalized spacial score (nSPS) is 11.2. The first-order valence-corrected chi connectivity index (χ1v) is 9.49. The Morgan fingerprint density at radius 2 is 2.06 bits per heavy atom. The van der Waals surface area contributed by atoms with Crippen molar-refractivity contribution in [3.05, 3.63) is 77.6 Å². The fraction of sp³-hybridized carbons (Fsp3) is 0.190. The number of nitrogens with one attached hydrogen (secondary N) is 3. The standard InChI is InChI=1S/C21H20F2N6O3/c1-31-19(30)6-8-25-20-15(23)12-27-21(28-20)16(24)10-18(17-7-9-32-29-17)26-11-13-4-2-3-5-14(13)22/h2-5,7,9-10,12,24,26H,6,8,11H2,1H3,(H,25,27,28)/b18-10-,24-16?. The predicted octanol–water partition coefficient (Wildman–Crippen LogP) is 2.92. The van der Waals surface area contributed by atoms with Crippen molar-refractivity contribution in [1.29, 1.82) is 5.41 Å². The van der Waals surface area contributed by atoms with Crippen LogP contribution in [-0.4, -0.2) is 40.5 Å². The molecule has 3 aromatic rings. The van der Waals surface area contributed by atoms with Gasteiger partial charge in [-0.1, -0.05) is 23.4 Å². The molecule has 3 N–H and O–H groups in total. The molecule has 3 rings (SSSR count). The van der Waals surface area contributed by atoms with E-state index in [0.29, 0.717) is 17.0 Å². The van der Waals surface area contributed by atoms with E-state index in [-0.39, 0.29) is 42.7 Å². The van der Waals surface area contributed by atoms with Crippen LogP contribution in [0.5, 0.6) is 0 Å². The lowest BCUT2D eigenvalue weighted by atomic mass is 10.2. The van der Waals surface area contributed by atoms with Gasteiger partial charge in [0.15, 0.2) is 17.5 Å². The summed E-state index contributed by atoms with van der Waals surface area (Å²) in [6.45, 7) is 0.223. The van der Waals surface area contributed by atoms with E-state index in [0.717, 1.165) is 6.20 Å². The van der Waals surface area contributed by atoms with Gasteiger partial charge < -0.3 is 19.9 Å². The van der Waals surface area contributed by atoms with Crippen LogP contribution < -0.4 is 10.6 Å². The van der Waals surface area contributed by atoms with Gasteiger partial charge >= 0.3 is 5.97 Å². The van der Waals surface area contributed by atoms with E-state index in [1.54, 1.807) is 24.3 Å². The highest BCUT2D eigenvalue weighted by atomic mass is 19.1. The molecule has 2 aromatic heterocycles. The molecule has 0 saturated heterocycles. The number of allylic oxidation sites excluding steroid dienone is 1. The van der Waals surface area contributed by atoms with Gasteiger partial charge in [-0.15, -0.1) is 0 Å². The van der Waals surface area contributed by atoms with Crippen molar-refractivity contribution in [3.8, 4) is 0 Å². The molecule has 2 heterocycles. The second-order valence-corrected chi connectivity index (χ2v) is 6.44. The van der Waals surface area contributed by atoms with Gasteiger partial charge in [0, 0.05) is 24.7 Å². The molecular weight excluding hydrogens is 422 g/mol. The minimum absolute atomic E-state index is 0.0168. The SMILES string of the molecule is COC(=O)CCNc1nc(C(=N)/C=C(\NCc2ccccc2F)c2ccon2)ncc1F. The molecular formula is C21H20F2N6O3. The fourth-order valence-corrected chi connectivity index (χ4v) is 2.61. The highest BCUT2D eigenvalue weighted by molar-refractivity contribution is 6.07. The van der Waals surface area contributed by atoms with Gasteiger partial charge in [0.1, 0.15) is 23.5 Å². The predicted molar refractivity (Wildman–Crippen MR) is 112 cm³/mol. The minimum Gasteiger partial charge on any atom is -0.469 e. The van der Waals surface area contributed by atoms with Crippen LogP contribution in [0.2, 0.25) is 0 Å². The van der Waals surface area contributed by atoms with Crippen molar-refractivity contribution in [2.75, 3.05) is 19.0 Å². The van der Waals surface area contributed by atoms with Crippen molar-refractivity contribution in [1.82, 2.24) is 20.4 Å². The molecule has 0 unspecified atom stereocenters. The van der Waals surface area contributed by atoms with Crippen LogP contribution in [0.15, 0.2) is 53.4 Å². The maximum atomic E-state index is 14.0. The first kappa shape index (κ1) is 22.5. The first-order valence-electron chi connectivity index (χ1n) is 9.49. The molecule has 32 heavy (non-hydrogen) atoms. The summed E-state index contributed by atoms with van der Waals surface area (Å²) in [5, 5.41) is 17.9. The Bertz CT molecular complexity index is 1120. The van der Waals surface area contributed by atoms with E-state index in [4.69, 9.17) is 9.93 Å². The van der Waals surface area contributed by atoms with Crippen LogP contribution in [0.4, 0.5) is 14.6 Å². The number of esters is 1. The van der Waals surface area contributed by atoms with Crippen LogP contribution in [-0.2, 0) is 16.1 Å². The number of carbonyl (C=O) groups is 1. The third-order valence-corrected chi connectivity index (χ3v) is 4.26. The number of ether oxygens (including phenoxy) is 1. The average Bonchev–Trinajstić information content (AvgIpc) is 3.33. The van der Waals surface area contributed by atoms with Gasteiger partial charge in [0.25, 0.3) is 0 Å². The maximum Gasteiger partial charge on any atom is 0.307 e. The summed E-state index contributed by atoms with van der Waals surface area (Å²) >= 11 is 0. The zero-order valence-corrected chi connectivity index (χ0v) is 17.1. The van der Waals surface area contributed by atoms with Crippen LogP contribution in [0.3, 0.4) is 0 Å². The molecule has 0 aliphatic heterocycles. The lowest BCUT2D eigenvalue weighted by molar-refractivity contribution is -0.140. The molecule has 166 valence electrons. The number of nitrogens with zero attached hydrogens (tertiary/aromatic N) is 3. The molecule has 0 aliphatic rings. The second-order valence-electron chi connectivity index (χ2n) is 6.44. The highest BCUT2D eigenvalue weighted by Gasteiger charge is 2.13. The number of aromatic nitrogens is 3. The average molecular weight is 442 g/mol. The molecule has 0 atom stereocenters. The van der Waals surface area contributed by atoms with Crippen LogP contribution >= 0.6 is 0 Å². The summed E-state index contributed by atoms with van der Waals surface area (Å²) in [6.07, 6.45) is 3.68. The van der Waals surface area contributed by atoms with E-state index in [1.165, 1.54) is 25.5 Å². The van der Waals surface area contributed by atoms with Crippen LogP contribution in [0.25, 0.3) is 5.70 Å².